The Balaban J connectivity index is 1.77. The molecule has 2 aromatic carbocycles. The summed E-state index contributed by atoms with van der Waals surface area (Å²) < 4.78 is 15.0. The van der Waals surface area contributed by atoms with Crippen LogP contribution in [0, 0.1) is 18.7 Å². The molecule has 34 heavy (non-hydrogen) atoms. The van der Waals surface area contributed by atoms with E-state index in [1.165, 1.54) is 12.1 Å². The van der Waals surface area contributed by atoms with Gasteiger partial charge in [0.2, 0.25) is 0 Å². The van der Waals surface area contributed by atoms with E-state index in [9.17, 15) is 24.2 Å². The van der Waals surface area contributed by atoms with E-state index >= 15 is 0 Å². The van der Waals surface area contributed by atoms with Crippen molar-refractivity contribution in [3.63, 3.8) is 0 Å². The standard InChI is InChI=1S/C25H25ClFN3O4/c1-14-10-17(11-15-2-4-16(27)5-3-15)29-30(14)24-19-8-9-28-13-21(18(19)6-7-22(24)26)20(25(33)34)12-23(31)32/h2-7,10,20-21,28H,8-9,11-13H2,1H3,(H,31,32)(H,33,34). The van der Waals surface area contributed by atoms with Gasteiger partial charge in [-0.15, -0.1) is 0 Å². The van der Waals surface area contributed by atoms with Crippen LogP contribution < -0.4 is 5.32 Å². The highest BCUT2D eigenvalue weighted by atomic mass is 35.5. The van der Waals surface area contributed by atoms with Crippen LogP contribution in [0.5, 0.6) is 0 Å². The molecule has 2 unspecified atom stereocenters. The maximum absolute atomic E-state index is 13.3. The second-order valence-corrected chi connectivity index (χ2v) is 8.97. The molecule has 2 heterocycles. The quantitative estimate of drug-likeness (QED) is 0.468. The zero-order valence-corrected chi connectivity index (χ0v) is 19.3. The van der Waals surface area contributed by atoms with Gasteiger partial charge in [-0.1, -0.05) is 29.8 Å². The topological polar surface area (TPSA) is 104 Å². The average Bonchev–Trinajstić information content (AvgIpc) is 3.00. The largest absolute Gasteiger partial charge is 0.481 e. The van der Waals surface area contributed by atoms with Crippen molar-refractivity contribution >= 4 is 23.5 Å². The van der Waals surface area contributed by atoms with E-state index in [2.05, 4.69) is 5.32 Å². The summed E-state index contributed by atoms with van der Waals surface area (Å²) in [5.41, 5.74) is 4.87. The SMILES string of the molecule is Cc1cc(Cc2ccc(F)cc2)nn1-c1c(Cl)ccc2c1CCNCC2C(CC(=O)O)C(=O)O. The Bertz CT molecular complexity index is 1230. The van der Waals surface area contributed by atoms with Crippen LogP contribution in [-0.2, 0) is 22.4 Å². The van der Waals surface area contributed by atoms with Gasteiger partial charge in [-0.2, -0.15) is 5.10 Å². The van der Waals surface area contributed by atoms with Crippen molar-refractivity contribution in [2.75, 3.05) is 13.1 Å². The van der Waals surface area contributed by atoms with Gasteiger partial charge in [0.05, 0.1) is 28.7 Å². The van der Waals surface area contributed by atoms with Crippen LogP contribution in [0.15, 0.2) is 42.5 Å². The van der Waals surface area contributed by atoms with Crippen LogP contribution in [-0.4, -0.2) is 45.0 Å². The van der Waals surface area contributed by atoms with E-state index < -0.39 is 30.2 Å². The molecule has 0 radical (unpaired) electrons. The van der Waals surface area contributed by atoms with Gasteiger partial charge in [-0.05, 0) is 60.8 Å². The summed E-state index contributed by atoms with van der Waals surface area (Å²) in [6, 6.07) is 11.7. The third-order valence-corrected chi connectivity index (χ3v) is 6.54. The second-order valence-electron chi connectivity index (χ2n) is 8.56. The summed E-state index contributed by atoms with van der Waals surface area (Å²) >= 11 is 6.65. The average molecular weight is 486 g/mol. The molecule has 0 amide bonds. The number of carboxylic acid groups (broad SMARTS) is 2. The van der Waals surface area contributed by atoms with Crippen LogP contribution in [0.25, 0.3) is 5.69 Å². The van der Waals surface area contributed by atoms with Gasteiger partial charge in [0.25, 0.3) is 0 Å². The molecule has 7 nitrogen and oxygen atoms in total. The van der Waals surface area contributed by atoms with E-state index in [0.717, 1.165) is 28.1 Å². The van der Waals surface area contributed by atoms with E-state index in [1.54, 1.807) is 28.9 Å². The summed E-state index contributed by atoms with van der Waals surface area (Å²) in [4.78, 5) is 23.3. The number of halogens is 2. The minimum absolute atomic E-state index is 0.296. The number of aliphatic carboxylic acids is 2. The fraction of sp³-hybridized carbons (Fsp3) is 0.320. The maximum Gasteiger partial charge on any atom is 0.307 e. The normalized spacial score (nSPS) is 16.5. The van der Waals surface area contributed by atoms with Crippen LogP contribution >= 0.6 is 11.6 Å². The number of carboxylic acids is 2. The first-order valence-electron chi connectivity index (χ1n) is 11.0. The molecule has 0 bridgehead atoms. The number of nitrogens with zero attached hydrogens (tertiary/aromatic N) is 2. The third kappa shape index (κ3) is 4.98. The zero-order chi connectivity index (χ0) is 24.4. The van der Waals surface area contributed by atoms with Crippen LogP contribution in [0.4, 0.5) is 4.39 Å². The Hall–Kier alpha value is -3.23. The molecule has 0 saturated heterocycles. The Morgan fingerprint density at radius 1 is 1.24 bits per heavy atom. The van der Waals surface area contributed by atoms with Crippen molar-refractivity contribution < 1.29 is 24.2 Å². The van der Waals surface area contributed by atoms with Gasteiger partial charge in [0, 0.05) is 24.6 Å². The second kappa shape index (κ2) is 9.95. The molecule has 4 rings (SSSR count). The molecule has 1 aliphatic heterocycles. The molecule has 1 aromatic heterocycles. The van der Waals surface area contributed by atoms with E-state index in [1.807, 2.05) is 13.0 Å². The highest BCUT2D eigenvalue weighted by Crippen LogP contribution is 2.37. The fourth-order valence-corrected chi connectivity index (χ4v) is 4.91. The van der Waals surface area contributed by atoms with Crippen LogP contribution in [0.3, 0.4) is 0 Å². The molecule has 2 atom stereocenters. The first kappa shape index (κ1) is 23.9. The summed E-state index contributed by atoms with van der Waals surface area (Å²) in [5.74, 6) is -4.20. The number of nitrogens with one attached hydrogen (secondary N) is 1. The Morgan fingerprint density at radius 3 is 2.65 bits per heavy atom. The first-order valence-corrected chi connectivity index (χ1v) is 11.4. The van der Waals surface area contributed by atoms with E-state index in [4.69, 9.17) is 16.7 Å². The lowest BCUT2D eigenvalue weighted by atomic mass is 9.81. The summed E-state index contributed by atoms with van der Waals surface area (Å²) in [7, 11) is 0. The van der Waals surface area contributed by atoms with Crippen molar-refractivity contribution in [3.05, 3.63) is 81.4 Å². The van der Waals surface area contributed by atoms with Gasteiger partial charge in [-0.25, -0.2) is 9.07 Å². The lowest BCUT2D eigenvalue weighted by molar-refractivity contribution is -0.149. The molecule has 3 aromatic rings. The highest BCUT2D eigenvalue weighted by molar-refractivity contribution is 6.32. The molecule has 9 heteroatoms. The van der Waals surface area contributed by atoms with Crippen molar-refractivity contribution in [1.29, 1.82) is 0 Å². The number of hydrogen-bond donors (Lipinski definition) is 3. The molecule has 3 N–H and O–H groups in total. The monoisotopic (exact) mass is 485 g/mol. The lowest BCUT2D eigenvalue weighted by Crippen LogP contribution is -2.31. The Labute approximate surface area is 201 Å². The molecule has 0 aliphatic carbocycles. The van der Waals surface area contributed by atoms with Crippen molar-refractivity contribution in [3.8, 4) is 5.69 Å². The predicted molar refractivity (Wildman–Crippen MR) is 125 cm³/mol. The molecule has 0 spiro atoms. The van der Waals surface area contributed by atoms with Gasteiger partial charge in [0.1, 0.15) is 5.82 Å². The summed E-state index contributed by atoms with van der Waals surface area (Å²) in [6.07, 6.45) is 0.639. The molecular weight excluding hydrogens is 461 g/mol. The number of aryl methyl sites for hydroxylation is 1. The minimum atomic E-state index is -1.15. The third-order valence-electron chi connectivity index (χ3n) is 6.23. The van der Waals surface area contributed by atoms with Crippen molar-refractivity contribution in [2.24, 2.45) is 5.92 Å². The van der Waals surface area contributed by atoms with E-state index in [-0.39, 0.29) is 5.82 Å². The molecule has 178 valence electrons. The number of fused-ring (bicyclic) bond motifs is 1. The Kier molecular flexibility index (Phi) is 7.00. The molecule has 1 aliphatic rings. The van der Waals surface area contributed by atoms with Crippen molar-refractivity contribution in [2.45, 2.75) is 32.1 Å². The molecule has 0 fully saturated rings. The van der Waals surface area contributed by atoms with Gasteiger partial charge >= 0.3 is 11.9 Å². The maximum atomic E-state index is 13.3. The predicted octanol–water partition coefficient (Wildman–Crippen LogP) is 3.97. The van der Waals surface area contributed by atoms with Crippen molar-refractivity contribution in [1.82, 2.24) is 15.1 Å². The number of benzene rings is 2. The van der Waals surface area contributed by atoms with Gasteiger partial charge in [-0.3, -0.25) is 9.59 Å². The number of rotatable bonds is 7. The number of carbonyl (C=O) groups is 2. The van der Waals surface area contributed by atoms with Gasteiger partial charge in [0.15, 0.2) is 0 Å². The molecular formula is C25H25ClFN3O4. The molecule has 0 saturated carbocycles. The lowest BCUT2D eigenvalue weighted by Gasteiger charge is -2.25. The highest BCUT2D eigenvalue weighted by Gasteiger charge is 2.35. The van der Waals surface area contributed by atoms with Crippen LogP contribution in [0.2, 0.25) is 5.02 Å². The van der Waals surface area contributed by atoms with Gasteiger partial charge < -0.3 is 15.5 Å². The summed E-state index contributed by atoms with van der Waals surface area (Å²) in [5, 5.41) is 27.6. The number of hydrogen-bond acceptors (Lipinski definition) is 4. The Morgan fingerprint density at radius 2 is 1.97 bits per heavy atom. The minimum Gasteiger partial charge on any atom is -0.481 e. The summed E-state index contributed by atoms with van der Waals surface area (Å²) in [6.45, 7) is 2.86. The smallest absolute Gasteiger partial charge is 0.307 e. The fourth-order valence-electron chi connectivity index (χ4n) is 4.65. The number of aromatic nitrogens is 2. The van der Waals surface area contributed by atoms with Crippen LogP contribution in [0.1, 0.15) is 40.4 Å². The van der Waals surface area contributed by atoms with E-state index in [0.29, 0.717) is 36.6 Å². The zero-order valence-electron chi connectivity index (χ0n) is 18.6. The first-order chi connectivity index (χ1) is 16.2.